The summed E-state index contributed by atoms with van der Waals surface area (Å²) >= 11 is 0. The van der Waals surface area contributed by atoms with Gasteiger partial charge in [0.15, 0.2) is 0 Å². The van der Waals surface area contributed by atoms with Crippen molar-refractivity contribution in [2.24, 2.45) is 5.92 Å². The van der Waals surface area contributed by atoms with E-state index in [-0.39, 0.29) is 6.10 Å². The van der Waals surface area contributed by atoms with Crippen LogP contribution >= 0.6 is 0 Å². The highest BCUT2D eigenvalue weighted by atomic mass is 16.3. The third kappa shape index (κ3) is 4.90. The first-order valence-corrected chi connectivity index (χ1v) is 8.99. The van der Waals surface area contributed by atoms with Crippen LogP contribution in [-0.2, 0) is 0 Å². The standard InChI is InChI=1S/C18H30N4O/c1-16-5-8-20(9-6-16)14-17(23)15-21-10-12-22(13-11-21)18-4-2-3-7-19-18/h2-4,7,16-17,23H,5-6,8-15H2,1H3. The Morgan fingerprint density at radius 2 is 1.70 bits per heavy atom. The number of β-amino-alcohol motifs (C(OH)–C–C–N with tert-alkyl or cyclic N) is 1. The summed E-state index contributed by atoms with van der Waals surface area (Å²) in [6.45, 7) is 10.2. The van der Waals surface area contributed by atoms with Crippen LogP contribution in [0.1, 0.15) is 19.8 Å². The highest BCUT2D eigenvalue weighted by Crippen LogP contribution is 2.16. The number of pyridine rings is 1. The number of anilines is 1. The van der Waals surface area contributed by atoms with Crippen LogP contribution in [-0.4, -0.2) is 78.4 Å². The number of nitrogens with zero attached hydrogens (tertiary/aromatic N) is 4. The Morgan fingerprint density at radius 3 is 2.30 bits per heavy atom. The molecule has 3 rings (SSSR count). The predicted molar refractivity (Wildman–Crippen MR) is 93.7 cm³/mol. The Balaban J connectivity index is 1.38. The fourth-order valence-corrected chi connectivity index (χ4v) is 3.60. The third-order valence-corrected chi connectivity index (χ3v) is 5.16. The van der Waals surface area contributed by atoms with Crippen LogP contribution in [0.4, 0.5) is 5.82 Å². The van der Waals surface area contributed by atoms with Gasteiger partial charge in [-0.25, -0.2) is 4.98 Å². The summed E-state index contributed by atoms with van der Waals surface area (Å²) in [5.41, 5.74) is 0. The number of aliphatic hydroxyl groups excluding tert-OH is 1. The monoisotopic (exact) mass is 318 g/mol. The zero-order chi connectivity index (χ0) is 16.1. The lowest BCUT2D eigenvalue weighted by atomic mass is 9.99. The fourth-order valence-electron chi connectivity index (χ4n) is 3.60. The molecule has 1 aromatic heterocycles. The number of rotatable bonds is 5. The minimum atomic E-state index is -0.232. The second kappa shape index (κ2) is 8.08. The molecule has 1 unspecified atom stereocenters. The minimum absolute atomic E-state index is 0.232. The van der Waals surface area contributed by atoms with Crippen LogP contribution in [0.5, 0.6) is 0 Å². The van der Waals surface area contributed by atoms with Gasteiger partial charge in [-0.15, -0.1) is 0 Å². The van der Waals surface area contributed by atoms with E-state index >= 15 is 0 Å². The van der Waals surface area contributed by atoms with E-state index in [1.54, 1.807) is 0 Å². The molecule has 5 heteroatoms. The maximum atomic E-state index is 10.4. The molecule has 5 nitrogen and oxygen atoms in total. The summed E-state index contributed by atoms with van der Waals surface area (Å²) in [5, 5.41) is 10.4. The highest BCUT2D eigenvalue weighted by Gasteiger charge is 2.22. The number of aromatic nitrogens is 1. The van der Waals surface area contributed by atoms with Crippen molar-refractivity contribution in [2.45, 2.75) is 25.9 Å². The van der Waals surface area contributed by atoms with E-state index in [4.69, 9.17) is 0 Å². The summed E-state index contributed by atoms with van der Waals surface area (Å²) in [7, 11) is 0. The lowest BCUT2D eigenvalue weighted by Crippen LogP contribution is -2.50. The van der Waals surface area contributed by atoms with E-state index in [0.717, 1.165) is 64.1 Å². The molecule has 1 aromatic rings. The topological polar surface area (TPSA) is 42.8 Å². The van der Waals surface area contributed by atoms with Crippen LogP contribution in [0.3, 0.4) is 0 Å². The molecule has 0 aliphatic carbocycles. The van der Waals surface area contributed by atoms with E-state index in [1.807, 2.05) is 18.3 Å². The molecule has 0 saturated carbocycles. The Hall–Kier alpha value is -1.17. The maximum Gasteiger partial charge on any atom is 0.128 e. The van der Waals surface area contributed by atoms with Crippen molar-refractivity contribution in [3.63, 3.8) is 0 Å². The molecule has 1 N–H and O–H groups in total. The van der Waals surface area contributed by atoms with Gasteiger partial charge in [0.25, 0.3) is 0 Å². The second-order valence-electron chi connectivity index (χ2n) is 7.11. The first kappa shape index (κ1) is 16.7. The van der Waals surface area contributed by atoms with Crippen molar-refractivity contribution in [1.82, 2.24) is 14.8 Å². The molecule has 0 amide bonds. The maximum absolute atomic E-state index is 10.4. The Bertz CT molecular complexity index is 453. The second-order valence-corrected chi connectivity index (χ2v) is 7.11. The van der Waals surface area contributed by atoms with Crippen molar-refractivity contribution >= 4 is 5.82 Å². The molecule has 2 saturated heterocycles. The van der Waals surface area contributed by atoms with Crippen LogP contribution in [0.25, 0.3) is 0 Å². The minimum Gasteiger partial charge on any atom is -0.390 e. The SMILES string of the molecule is CC1CCN(CC(O)CN2CCN(c3ccccn3)CC2)CC1. The quantitative estimate of drug-likeness (QED) is 0.886. The summed E-state index contributed by atoms with van der Waals surface area (Å²) < 4.78 is 0. The van der Waals surface area contributed by atoms with E-state index in [1.165, 1.54) is 12.8 Å². The third-order valence-electron chi connectivity index (χ3n) is 5.16. The molecule has 128 valence electrons. The first-order valence-electron chi connectivity index (χ1n) is 8.99. The molecule has 2 fully saturated rings. The molecular weight excluding hydrogens is 288 g/mol. The van der Waals surface area contributed by atoms with Crippen molar-refractivity contribution in [3.8, 4) is 0 Å². The van der Waals surface area contributed by atoms with Gasteiger partial charge >= 0.3 is 0 Å². The number of piperidine rings is 1. The van der Waals surface area contributed by atoms with Gasteiger partial charge in [0, 0.05) is 45.5 Å². The van der Waals surface area contributed by atoms with Gasteiger partial charge in [0.1, 0.15) is 5.82 Å². The Labute approximate surface area is 139 Å². The van der Waals surface area contributed by atoms with Crippen molar-refractivity contribution in [2.75, 3.05) is 57.3 Å². The fraction of sp³-hybridized carbons (Fsp3) is 0.722. The van der Waals surface area contributed by atoms with Crippen molar-refractivity contribution in [3.05, 3.63) is 24.4 Å². The normalized spacial score (nSPS) is 23.1. The number of piperazine rings is 1. The molecule has 2 aliphatic rings. The molecule has 3 heterocycles. The molecular formula is C18H30N4O. The number of hydrogen-bond donors (Lipinski definition) is 1. The number of aliphatic hydroxyl groups is 1. The molecule has 0 radical (unpaired) electrons. The van der Waals surface area contributed by atoms with Crippen LogP contribution in [0, 0.1) is 5.92 Å². The van der Waals surface area contributed by atoms with E-state index in [0.29, 0.717) is 0 Å². The van der Waals surface area contributed by atoms with Crippen LogP contribution < -0.4 is 4.90 Å². The number of hydrogen-bond acceptors (Lipinski definition) is 5. The van der Waals surface area contributed by atoms with Gasteiger partial charge in [-0.3, -0.25) is 4.90 Å². The van der Waals surface area contributed by atoms with E-state index < -0.39 is 0 Å². The molecule has 0 bridgehead atoms. The average molecular weight is 318 g/mol. The molecule has 0 spiro atoms. The van der Waals surface area contributed by atoms with Crippen molar-refractivity contribution < 1.29 is 5.11 Å². The van der Waals surface area contributed by atoms with Gasteiger partial charge in [0.05, 0.1) is 6.10 Å². The zero-order valence-corrected chi connectivity index (χ0v) is 14.3. The molecule has 0 aromatic carbocycles. The summed E-state index contributed by atoms with van der Waals surface area (Å²) in [6.07, 6.45) is 4.17. The van der Waals surface area contributed by atoms with Crippen LogP contribution in [0.15, 0.2) is 24.4 Å². The summed E-state index contributed by atoms with van der Waals surface area (Å²) in [4.78, 5) is 11.6. The average Bonchev–Trinajstić information content (AvgIpc) is 2.58. The molecule has 1 atom stereocenters. The number of likely N-dealkylation sites (tertiary alicyclic amines) is 1. The lowest BCUT2D eigenvalue weighted by molar-refractivity contribution is 0.0597. The smallest absolute Gasteiger partial charge is 0.128 e. The molecule has 2 aliphatic heterocycles. The van der Waals surface area contributed by atoms with Gasteiger partial charge in [-0.1, -0.05) is 13.0 Å². The van der Waals surface area contributed by atoms with E-state index in [2.05, 4.69) is 32.7 Å². The van der Waals surface area contributed by atoms with Crippen molar-refractivity contribution in [1.29, 1.82) is 0 Å². The predicted octanol–water partition coefficient (Wildman–Crippen LogP) is 1.30. The zero-order valence-electron chi connectivity index (χ0n) is 14.3. The summed E-state index contributed by atoms with van der Waals surface area (Å²) in [5.74, 6) is 1.92. The highest BCUT2D eigenvalue weighted by molar-refractivity contribution is 5.38. The first-order chi connectivity index (χ1) is 11.2. The largest absolute Gasteiger partial charge is 0.390 e. The van der Waals surface area contributed by atoms with E-state index in [9.17, 15) is 5.11 Å². The Morgan fingerprint density at radius 1 is 1.04 bits per heavy atom. The lowest BCUT2D eigenvalue weighted by Gasteiger charge is -2.37. The van der Waals surface area contributed by atoms with Crippen LogP contribution in [0.2, 0.25) is 0 Å². The van der Waals surface area contributed by atoms with Gasteiger partial charge in [-0.2, -0.15) is 0 Å². The van der Waals surface area contributed by atoms with Gasteiger partial charge < -0.3 is 14.9 Å². The van der Waals surface area contributed by atoms with Gasteiger partial charge in [-0.05, 0) is 44.0 Å². The summed E-state index contributed by atoms with van der Waals surface area (Å²) in [6, 6.07) is 6.07. The van der Waals surface area contributed by atoms with Gasteiger partial charge in [0.2, 0.25) is 0 Å². The Kier molecular flexibility index (Phi) is 5.86. The molecule has 23 heavy (non-hydrogen) atoms.